The molecule has 0 spiro atoms. The van der Waals surface area contributed by atoms with Gasteiger partial charge in [-0.15, -0.1) is 0 Å². The molecule has 4 bridgehead atoms. The van der Waals surface area contributed by atoms with E-state index in [2.05, 4.69) is 5.32 Å². The zero-order chi connectivity index (χ0) is 19.5. The van der Waals surface area contributed by atoms with Crippen LogP contribution in [0.25, 0.3) is 0 Å². The van der Waals surface area contributed by atoms with Gasteiger partial charge in [-0.3, -0.25) is 9.59 Å². The van der Waals surface area contributed by atoms with Crippen LogP contribution in [-0.2, 0) is 9.59 Å². The Labute approximate surface area is 169 Å². The number of amides is 2. The molecule has 0 radical (unpaired) electrons. The van der Waals surface area contributed by atoms with E-state index in [1.54, 1.807) is 0 Å². The third-order valence-corrected chi connectivity index (χ3v) is 7.81. The first-order valence-corrected chi connectivity index (χ1v) is 10.9. The predicted molar refractivity (Wildman–Crippen MR) is 105 cm³/mol. The van der Waals surface area contributed by atoms with Crippen molar-refractivity contribution in [2.75, 3.05) is 11.9 Å². The summed E-state index contributed by atoms with van der Waals surface area (Å²) in [4.78, 5) is 28.4. The molecule has 28 heavy (non-hydrogen) atoms. The zero-order valence-electron chi connectivity index (χ0n) is 15.9. The third kappa shape index (κ3) is 3.02. The number of carbonyl (C=O) groups is 2. The lowest BCUT2D eigenvalue weighted by Crippen LogP contribution is -2.56. The van der Waals surface area contributed by atoms with Gasteiger partial charge >= 0.3 is 0 Å². The molecule has 2 amide bonds. The highest BCUT2D eigenvalue weighted by atomic mass is 35.5. The van der Waals surface area contributed by atoms with Gasteiger partial charge in [-0.1, -0.05) is 11.6 Å². The number of hydrogen-bond acceptors (Lipinski definition) is 2. The Morgan fingerprint density at radius 3 is 2.36 bits per heavy atom. The van der Waals surface area contributed by atoms with E-state index in [1.807, 2.05) is 4.90 Å². The van der Waals surface area contributed by atoms with E-state index < -0.39 is 11.9 Å². The maximum atomic E-state index is 13.6. The molecule has 1 N–H and O–H groups in total. The minimum atomic E-state index is -0.457. The summed E-state index contributed by atoms with van der Waals surface area (Å²) < 4.78 is 13.3. The number of nitrogens with one attached hydrogen (secondary N) is 1. The summed E-state index contributed by atoms with van der Waals surface area (Å²) in [6, 6.07) is 3.47. The van der Waals surface area contributed by atoms with Crippen molar-refractivity contribution in [3.63, 3.8) is 0 Å². The molecule has 150 valence electrons. The van der Waals surface area contributed by atoms with E-state index in [0.717, 1.165) is 25.7 Å². The lowest BCUT2D eigenvalue weighted by Gasteiger charge is -2.56. The molecule has 5 fully saturated rings. The lowest BCUT2D eigenvalue weighted by molar-refractivity contribution is -0.160. The molecule has 6 heteroatoms. The second-order valence-corrected chi connectivity index (χ2v) is 9.88. The standard InChI is InChI=1S/C22H26ClFN2O2/c23-17-9-16(24)3-4-18(17)25-20(27)19-2-1-5-26(19)21(28)22-10-13-6-14(11-22)8-15(7-13)12-22/h3-4,9,13-15,19H,1-2,5-8,10-12H2,(H,25,27). The van der Waals surface area contributed by atoms with Crippen molar-refractivity contribution in [2.45, 2.75) is 57.4 Å². The highest BCUT2D eigenvalue weighted by molar-refractivity contribution is 6.33. The first-order valence-electron chi connectivity index (χ1n) is 10.5. The molecule has 1 unspecified atom stereocenters. The van der Waals surface area contributed by atoms with Crippen LogP contribution in [0, 0.1) is 29.0 Å². The number of carbonyl (C=O) groups excluding carboxylic acids is 2. The van der Waals surface area contributed by atoms with Gasteiger partial charge in [0.15, 0.2) is 0 Å². The fourth-order valence-corrected chi connectivity index (χ4v) is 6.98. The van der Waals surface area contributed by atoms with Crippen LogP contribution < -0.4 is 5.32 Å². The van der Waals surface area contributed by atoms with Gasteiger partial charge in [-0.05, 0) is 87.3 Å². The molecule has 4 saturated carbocycles. The molecule has 1 saturated heterocycles. The average molecular weight is 405 g/mol. The van der Waals surface area contributed by atoms with Crippen molar-refractivity contribution in [1.82, 2.24) is 4.90 Å². The first kappa shape index (κ1) is 18.4. The molecular formula is C22H26ClFN2O2. The smallest absolute Gasteiger partial charge is 0.247 e. The van der Waals surface area contributed by atoms with Crippen LogP contribution in [0.4, 0.5) is 10.1 Å². The van der Waals surface area contributed by atoms with Crippen molar-refractivity contribution >= 4 is 29.1 Å². The van der Waals surface area contributed by atoms with Gasteiger partial charge in [-0.25, -0.2) is 4.39 Å². The molecule has 0 aromatic heterocycles. The van der Waals surface area contributed by atoms with E-state index >= 15 is 0 Å². The molecule has 1 aromatic carbocycles. The Morgan fingerprint density at radius 2 is 1.75 bits per heavy atom. The second kappa shape index (κ2) is 6.72. The van der Waals surface area contributed by atoms with Gasteiger partial charge in [0.1, 0.15) is 11.9 Å². The summed E-state index contributed by atoms with van der Waals surface area (Å²) in [6.07, 6.45) is 8.40. The number of rotatable bonds is 3. The summed E-state index contributed by atoms with van der Waals surface area (Å²) in [7, 11) is 0. The van der Waals surface area contributed by atoms with Crippen molar-refractivity contribution in [2.24, 2.45) is 23.2 Å². The molecule has 5 aliphatic rings. The molecule has 1 heterocycles. The summed E-state index contributed by atoms with van der Waals surface area (Å²) >= 11 is 6.05. The van der Waals surface area contributed by atoms with E-state index in [1.165, 1.54) is 37.5 Å². The van der Waals surface area contributed by atoms with Gasteiger partial charge in [0, 0.05) is 6.54 Å². The first-order chi connectivity index (χ1) is 13.4. The second-order valence-electron chi connectivity index (χ2n) is 9.47. The molecule has 4 nitrogen and oxygen atoms in total. The Morgan fingerprint density at radius 1 is 1.11 bits per heavy atom. The van der Waals surface area contributed by atoms with Crippen LogP contribution in [0.5, 0.6) is 0 Å². The highest BCUT2D eigenvalue weighted by Gasteiger charge is 2.56. The van der Waals surface area contributed by atoms with Crippen LogP contribution >= 0.6 is 11.6 Å². The Balaban J connectivity index is 1.34. The van der Waals surface area contributed by atoms with Crippen LogP contribution in [0.1, 0.15) is 51.4 Å². The van der Waals surface area contributed by atoms with Crippen LogP contribution in [0.3, 0.4) is 0 Å². The van der Waals surface area contributed by atoms with Gasteiger partial charge in [0.25, 0.3) is 0 Å². The van der Waals surface area contributed by atoms with Gasteiger partial charge in [0.2, 0.25) is 11.8 Å². The van der Waals surface area contributed by atoms with Crippen molar-refractivity contribution in [3.05, 3.63) is 29.0 Å². The maximum absolute atomic E-state index is 13.6. The fourth-order valence-electron chi connectivity index (χ4n) is 6.77. The van der Waals surface area contributed by atoms with Gasteiger partial charge in [0.05, 0.1) is 16.1 Å². The molecule has 1 aliphatic heterocycles. The third-order valence-electron chi connectivity index (χ3n) is 7.50. The minimum Gasteiger partial charge on any atom is -0.330 e. The van der Waals surface area contributed by atoms with Gasteiger partial charge < -0.3 is 10.2 Å². The van der Waals surface area contributed by atoms with E-state index in [9.17, 15) is 14.0 Å². The largest absolute Gasteiger partial charge is 0.330 e. The highest BCUT2D eigenvalue weighted by Crippen LogP contribution is 2.60. The quantitative estimate of drug-likeness (QED) is 0.798. The Bertz CT molecular complexity index is 791. The molecule has 4 aliphatic carbocycles. The SMILES string of the molecule is O=C(Nc1ccc(F)cc1Cl)C1CCCN1C(=O)C12CC3CC(CC(C3)C1)C2. The molecule has 6 rings (SSSR count). The number of likely N-dealkylation sites (tertiary alicyclic amines) is 1. The number of hydrogen-bond donors (Lipinski definition) is 1. The van der Waals surface area contributed by atoms with Crippen LogP contribution in [-0.4, -0.2) is 29.3 Å². The monoisotopic (exact) mass is 404 g/mol. The van der Waals surface area contributed by atoms with Crippen LogP contribution in [0.15, 0.2) is 18.2 Å². The minimum absolute atomic E-state index is 0.172. The maximum Gasteiger partial charge on any atom is 0.247 e. The van der Waals surface area contributed by atoms with Crippen molar-refractivity contribution < 1.29 is 14.0 Å². The van der Waals surface area contributed by atoms with Crippen LogP contribution in [0.2, 0.25) is 5.02 Å². The normalized spacial score (nSPS) is 36.0. The Hall–Kier alpha value is -1.62. The van der Waals surface area contributed by atoms with E-state index in [-0.39, 0.29) is 22.3 Å². The number of anilines is 1. The predicted octanol–water partition coefficient (Wildman–Crippen LogP) is 4.63. The summed E-state index contributed by atoms with van der Waals surface area (Å²) in [5, 5.41) is 2.98. The average Bonchev–Trinajstić information content (AvgIpc) is 3.12. The molecule has 1 aromatic rings. The van der Waals surface area contributed by atoms with Gasteiger partial charge in [-0.2, -0.15) is 0 Å². The number of halogens is 2. The van der Waals surface area contributed by atoms with E-state index in [0.29, 0.717) is 36.4 Å². The summed E-state index contributed by atoms with van der Waals surface area (Å²) in [5.74, 6) is 1.63. The molecular weight excluding hydrogens is 379 g/mol. The summed E-state index contributed by atoms with van der Waals surface area (Å²) in [6.45, 7) is 0.649. The van der Waals surface area contributed by atoms with E-state index in [4.69, 9.17) is 11.6 Å². The molecule has 1 atom stereocenters. The fraction of sp³-hybridized carbons (Fsp3) is 0.636. The zero-order valence-corrected chi connectivity index (χ0v) is 16.7. The van der Waals surface area contributed by atoms with Crippen molar-refractivity contribution in [3.8, 4) is 0 Å². The number of benzene rings is 1. The lowest BCUT2D eigenvalue weighted by atomic mass is 9.49. The summed E-state index contributed by atoms with van der Waals surface area (Å²) in [5.41, 5.74) is 0.160. The topological polar surface area (TPSA) is 49.4 Å². The number of nitrogens with zero attached hydrogens (tertiary/aromatic N) is 1. The van der Waals surface area contributed by atoms with Crippen molar-refractivity contribution in [1.29, 1.82) is 0 Å². The Kier molecular flexibility index (Phi) is 4.42.